The van der Waals surface area contributed by atoms with Crippen molar-refractivity contribution in [2.75, 3.05) is 30.9 Å². The minimum absolute atomic E-state index is 0.0304. The summed E-state index contributed by atoms with van der Waals surface area (Å²) >= 11 is 0. The van der Waals surface area contributed by atoms with Crippen LogP contribution < -0.4 is 20.5 Å². The summed E-state index contributed by atoms with van der Waals surface area (Å²) in [5.74, 6) is 0.939. The van der Waals surface area contributed by atoms with Crippen LogP contribution in [0.15, 0.2) is 12.1 Å². The molecule has 1 aromatic rings. The van der Waals surface area contributed by atoms with Crippen molar-refractivity contribution in [3.63, 3.8) is 0 Å². The first kappa shape index (κ1) is 15.4. The molecule has 6 heteroatoms. The second-order valence-electron chi connectivity index (χ2n) is 5.89. The van der Waals surface area contributed by atoms with Crippen molar-refractivity contribution in [3.8, 4) is 11.5 Å². The van der Waals surface area contributed by atoms with Crippen molar-refractivity contribution in [3.05, 3.63) is 12.1 Å². The van der Waals surface area contributed by atoms with Gasteiger partial charge in [-0.05, 0) is 20.8 Å². The van der Waals surface area contributed by atoms with Crippen LogP contribution in [0.3, 0.4) is 0 Å². The summed E-state index contributed by atoms with van der Waals surface area (Å²) in [6.45, 7) is 6.82. The summed E-state index contributed by atoms with van der Waals surface area (Å²) in [4.78, 5) is 11.9. The fourth-order valence-electron chi connectivity index (χ4n) is 1.80. The maximum Gasteiger partial charge on any atom is 0.250 e. The Kier molecular flexibility index (Phi) is 4.57. The van der Waals surface area contributed by atoms with Gasteiger partial charge in [0, 0.05) is 18.6 Å². The maximum atomic E-state index is 11.9. The molecule has 0 saturated carbocycles. The normalized spacial score (nSPS) is 14.4. The van der Waals surface area contributed by atoms with E-state index < -0.39 is 0 Å². The summed E-state index contributed by atoms with van der Waals surface area (Å²) < 4.78 is 16.5. The summed E-state index contributed by atoms with van der Waals surface area (Å²) in [5, 5.41) is 2.73. The first-order chi connectivity index (χ1) is 9.85. The minimum atomic E-state index is -0.367. The van der Waals surface area contributed by atoms with E-state index in [4.69, 9.17) is 19.9 Å². The number of carbonyl (C=O) groups is 1. The van der Waals surface area contributed by atoms with Crippen molar-refractivity contribution < 1.29 is 19.0 Å². The molecule has 2 rings (SSSR count). The van der Waals surface area contributed by atoms with Gasteiger partial charge >= 0.3 is 0 Å². The van der Waals surface area contributed by atoms with Gasteiger partial charge in [-0.25, -0.2) is 0 Å². The van der Waals surface area contributed by atoms with E-state index in [0.29, 0.717) is 36.1 Å². The van der Waals surface area contributed by atoms with Crippen LogP contribution in [0, 0.1) is 0 Å². The fourth-order valence-corrected chi connectivity index (χ4v) is 1.80. The number of ether oxygens (including phenoxy) is 3. The molecule has 0 radical (unpaired) electrons. The molecule has 116 valence electrons. The standard InChI is InChI=1S/C15H22N2O4/c1-15(2,3)21-9-14(18)17-11-8-13-12(7-10(11)16)19-5-4-6-20-13/h7-8H,4-6,9,16H2,1-3H3,(H,17,18). The van der Waals surface area contributed by atoms with Gasteiger partial charge in [-0.3, -0.25) is 4.79 Å². The Morgan fingerprint density at radius 3 is 2.52 bits per heavy atom. The number of fused-ring (bicyclic) bond motifs is 1. The average Bonchev–Trinajstić information content (AvgIpc) is 2.61. The highest BCUT2D eigenvalue weighted by molar-refractivity contribution is 5.95. The number of carbonyl (C=O) groups excluding carboxylic acids is 1. The van der Waals surface area contributed by atoms with E-state index in [2.05, 4.69) is 5.32 Å². The van der Waals surface area contributed by atoms with Crippen LogP contribution in [0.4, 0.5) is 11.4 Å². The van der Waals surface area contributed by atoms with Crippen molar-refractivity contribution in [1.29, 1.82) is 0 Å². The number of nitrogens with one attached hydrogen (secondary N) is 1. The highest BCUT2D eigenvalue weighted by Crippen LogP contribution is 2.36. The molecule has 1 amide bonds. The average molecular weight is 294 g/mol. The van der Waals surface area contributed by atoms with E-state index in [0.717, 1.165) is 6.42 Å². The summed E-state index contributed by atoms with van der Waals surface area (Å²) in [6.07, 6.45) is 0.815. The Morgan fingerprint density at radius 2 is 1.90 bits per heavy atom. The molecule has 3 N–H and O–H groups in total. The van der Waals surface area contributed by atoms with Crippen LogP contribution in [0.1, 0.15) is 27.2 Å². The quantitative estimate of drug-likeness (QED) is 0.835. The minimum Gasteiger partial charge on any atom is -0.489 e. The molecule has 0 saturated heterocycles. The number of nitrogens with two attached hydrogens (primary N) is 1. The van der Waals surface area contributed by atoms with Gasteiger partial charge in [0.15, 0.2) is 11.5 Å². The van der Waals surface area contributed by atoms with Gasteiger partial charge in [-0.1, -0.05) is 0 Å². The Labute approximate surface area is 124 Å². The van der Waals surface area contributed by atoms with Crippen LogP contribution in [0.2, 0.25) is 0 Å². The van der Waals surface area contributed by atoms with E-state index in [1.54, 1.807) is 12.1 Å². The molecule has 0 aliphatic carbocycles. The maximum absolute atomic E-state index is 11.9. The number of amides is 1. The SMILES string of the molecule is CC(C)(C)OCC(=O)Nc1cc2c(cc1N)OCCCO2. The molecule has 0 atom stereocenters. The van der Waals surface area contributed by atoms with Gasteiger partial charge in [0.2, 0.25) is 5.91 Å². The first-order valence-corrected chi connectivity index (χ1v) is 6.98. The number of benzene rings is 1. The highest BCUT2D eigenvalue weighted by Gasteiger charge is 2.17. The van der Waals surface area contributed by atoms with Crippen molar-refractivity contribution in [2.45, 2.75) is 32.8 Å². The van der Waals surface area contributed by atoms with E-state index in [9.17, 15) is 4.79 Å². The molecule has 0 aromatic heterocycles. The lowest BCUT2D eigenvalue weighted by Crippen LogP contribution is -2.27. The zero-order valence-electron chi connectivity index (χ0n) is 12.7. The molecular formula is C15H22N2O4. The second-order valence-corrected chi connectivity index (χ2v) is 5.89. The van der Waals surface area contributed by atoms with E-state index in [1.807, 2.05) is 20.8 Å². The number of hydrogen-bond acceptors (Lipinski definition) is 5. The lowest BCUT2D eigenvalue weighted by molar-refractivity contribution is -0.125. The predicted molar refractivity (Wildman–Crippen MR) is 80.8 cm³/mol. The van der Waals surface area contributed by atoms with Crippen molar-refractivity contribution in [1.82, 2.24) is 0 Å². The zero-order valence-corrected chi connectivity index (χ0v) is 12.7. The third kappa shape index (κ3) is 4.53. The van der Waals surface area contributed by atoms with Gasteiger partial charge in [-0.15, -0.1) is 0 Å². The van der Waals surface area contributed by atoms with Crippen LogP contribution >= 0.6 is 0 Å². The monoisotopic (exact) mass is 294 g/mol. The predicted octanol–water partition coefficient (Wildman–Crippen LogP) is 2.18. The number of rotatable bonds is 3. The fraction of sp³-hybridized carbons (Fsp3) is 0.533. The third-order valence-corrected chi connectivity index (χ3v) is 2.83. The summed E-state index contributed by atoms with van der Waals surface area (Å²) in [6, 6.07) is 3.35. The van der Waals surface area contributed by atoms with Crippen molar-refractivity contribution >= 4 is 17.3 Å². The van der Waals surface area contributed by atoms with Crippen molar-refractivity contribution in [2.24, 2.45) is 0 Å². The molecule has 0 unspecified atom stereocenters. The number of hydrogen-bond donors (Lipinski definition) is 2. The Hall–Kier alpha value is -1.95. The zero-order chi connectivity index (χ0) is 15.5. The van der Waals surface area contributed by atoms with Crippen LogP contribution in [0.25, 0.3) is 0 Å². The molecule has 1 aliphatic rings. The topological polar surface area (TPSA) is 82.8 Å². The van der Waals surface area contributed by atoms with E-state index >= 15 is 0 Å². The summed E-state index contributed by atoms with van der Waals surface area (Å²) in [5.41, 5.74) is 6.50. The van der Waals surface area contributed by atoms with Crippen LogP contribution in [-0.4, -0.2) is 31.3 Å². The highest BCUT2D eigenvalue weighted by atomic mass is 16.5. The van der Waals surface area contributed by atoms with E-state index in [1.165, 1.54) is 0 Å². The molecular weight excluding hydrogens is 272 g/mol. The van der Waals surface area contributed by atoms with Gasteiger partial charge in [0.1, 0.15) is 6.61 Å². The lowest BCUT2D eigenvalue weighted by atomic mass is 10.2. The van der Waals surface area contributed by atoms with Gasteiger partial charge in [0.25, 0.3) is 0 Å². The lowest BCUT2D eigenvalue weighted by Gasteiger charge is -2.19. The first-order valence-electron chi connectivity index (χ1n) is 6.98. The third-order valence-electron chi connectivity index (χ3n) is 2.83. The molecule has 0 fully saturated rings. The Morgan fingerprint density at radius 1 is 1.29 bits per heavy atom. The Balaban J connectivity index is 2.06. The molecule has 6 nitrogen and oxygen atoms in total. The summed E-state index contributed by atoms with van der Waals surface area (Å²) in [7, 11) is 0. The van der Waals surface area contributed by atoms with E-state index in [-0.39, 0.29) is 18.1 Å². The van der Waals surface area contributed by atoms with Gasteiger partial charge in [0.05, 0.1) is 30.2 Å². The number of anilines is 2. The smallest absolute Gasteiger partial charge is 0.250 e. The van der Waals surface area contributed by atoms with Crippen LogP contribution in [0.5, 0.6) is 11.5 Å². The molecule has 1 aromatic carbocycles. The Bertz CT molecular complexity index is 523. The second kappa shape index (κ2) is 6.22. The van der Waals surface area contributed by atoms with Gasteiger partial charge in [-0.2, -0.15) is 0 Å². The van der Waals surface area contributed by atoms with Gasteiger partial charge < -0.3 is 25.3 Å². The molecule has 21 heavy (non-hydrogen) atoms. The van der Waals surface area contributed by atoms with Crippen LogP contribution in [-0.2, 0) is 9.53 Å². The largest absolute Gasteiger partial charge is 0.489 e. The molecule has 0 spiro atoms. The molecule has 0 bridgehead atoms. The molecule has 1 heterocycles. The molecule has 1 aliphatic heterocycles. The number of nitrogen functional groups attached to an aromatic ring is 1.